The van der Waals surface area contributed by atoms with Crippen LogP contribution in [0.3, 0.4) is 0 Å². The second kappa shape index (κ2) is 8.19. The number of halogens is 1. The van der Waals surface area contributed by atoms with Gasteiger partial charge in [-0.1, -0.05) is 61.5 Å². The Labute approximate surface area is 199 Å². The number of rotatable bonds is 6. The van der Waals surface area contributed by atoms with Gasteiger partial charge in [0, 0.05) is 12.0 Å². The lowest BCUT2D eigenvalue weighted by Gasteiger charge is -2.57. The lowest BCUT2D eigenvalue weighted by atomic mass is 9.48. The number of nitrogens with zero attached hydrogens (tertiary/aromatic N) is 2. The van der Waals surface area contributed by atoms with Gasteiger partial charge in [-0.05, 0) is 71.8 Å². The minimum absolute atomic E-state index is 0.110. The molecule has 1 aromatic heterocycles. The third kappa shape index (κ3) is 3.75. The molecule has 2 aliphatic carbocycles. The highest BCUT2D eigenvalue weighted by atomic mass is 19.1. The van der Waals surface area contributed by atoms with Crippen LogP contribution >= 0.6 is 0 Å². The molecule has 0 unspecified atom stereocenters. The Morgan fingerprint density at radius 1 is 0.971 bits per heavy atom. The summed E-state index contributed by atoms with van der Waals surface area (Å²) in [4.78, 5) is 13.3. The molecule has 2 aliphatic rings. The molecule has 1 spiro atoms. The van der Waals surface area contributed by atoms with Gasteiger partial charge >= 0.3 is 0 Å². The lowest BCUT2D eigenvalue weighted by Crippen LogP contribution is -2.47. The molecule has 2 fully saturated rings. The van der Waals surface area contributed by atoms with E-state index in [2.05, 4.69) is 48.4 Å². The van der Waals surface area contributed by atoms with Crippen LogP contribution in [0.25, 0.3) is 22.0 Å². The van der Waals surface area contributed by atoms with Gasteiger partial charge in [0.25, 0.3) is 0 Å². The Morgan fingerprint density at radius 3 is 2.38 bits per heavy atom. The van der Waals surface area contributed by atoms with Crippen LogP contribution in [0.5, 0.6) is 0 Å². The molecule has 0 N–H and O–H groups in total. The van der Waals surface area contributed by atoms with E-state index in [1.54, 1.807) is 16.9 Å². The topological polar surface area (TPSA) is 34.9 Å². The van der Waals surface area contributed by atoms with Crippen LogP contribution < -0.4 is 0 Å². The van der Waals surface area contributed by atoms with Gasteiger partial charge < -0.3 is 0 Å². The molecule has 4 aromatic rings. The molecule has 172 valence electrons. The number of benzene rings is 3. The van der Waals surface area contributed by atoms with E-state index in [1.807, 2.05) is 18.2 Å². The number of carbonyl (C=O) groups excluding carboxylic acids is 1. The molecule has 1 heterocycles. The SMILES string of the molecule is CC1CC2(C1)CC(CC(=O)c1ccc(F)c3cnn(Cc4ccc(-c5ccccc5)cc4)c13)C2. The summed E-state index contributed by atoms with van der Waals surface area (Å²) in [5, 5.41) is 4.89. The molecule has 0 saturated heterocycles. The third-order valence-corrected chi connectivity index (χ3v) is 7.92. The number of hydrogen-bond acceptors (Lipinski definition) is 2. The molecule has 0 radical (unpaired) electrons. The lowest BCUT2D eigenvalue weighted by molar-refractivity contribution is -0.0611. The van der Waals surface area contributed by atoms with Gasteiger partial charge in [0.1, 0.15) is 5.82 Å². The molecule has 6 rings (SSSR count). The van der Waals surface area contributed by atoms with Crippen molar-refractivity contribution in [2.24, 2.45) is 17.3 Å². The minimum atomic E-state index is -0.330. The third-order valence-electron chi connectivity index (χ3n) is 7.92. The van der Waals surface area contributed by atoms with E-state index in [4.69, 9.17) is 0 Å². The van der Waals surface area contributed by atoms with Gasteiger partial charge in [0.2, 0.25) is 0 Å². The van der Waals surface area contributed by atoms with Crippen molar-refractivity contribution in [1.82, 2.24) is 9.78 Å². The maximum absolute atomic E-state index is 14.6. The summed E-state index contributed by atoms with van der Waals surface area (Å²) in [5.41, 5.74) is 5.11. The Bertz CT molecular complexity index is 1340. The summed E-state index contributed by atoms with van der Waals surface area (Å²) >= 11 is 0. The minimum Gasteiger partial charge on any atom is -0.294 e. The number of aromatic nitrogens is 2. The quantitative estimate of drug-likeness (QED) is 0.288. The fourth-order valence-electron chi connectivity index (χ4n) is 6.55. The summed E-state index contributed by atoms with van der Waals surface area (Å²) in [5.74, 6) is 1.08. The predicted molar refractivity (Wildman–Crippen MR) is 133 cm³/mol. The maximum Gasteiger partial charge on any atom is 0.165 e. The molecule has 2 saturated carbocycles. The molecule has 0 bridgehead atoms. The Hall–Kier alpha value is -3.27. The van der Waals surface area contributed by atoms with Gasteiger partial charge in [0.05, 0.1) is 23.6 Å². The molecule has 0 amide bonds. The molecular formula is C30H29FN2O. The van der Waals surface area contributed by atoms with Gasteiger partial charge in [-0.3, -0.25) is 9.48 Å². The van der Waals surface area contributed by atoms with Crippen molar-refractivity contribution in [3.8, 4) is 11.1 Å². The first-order chi connectivity index (χ1) is 16.5. The zero-order chi connectivity index (χ0) is 23.3. The summed E-state index contributed by atoms with van der Waals surface area (Å²) in [7, 11) is 0. The van der Waals surface area contributed by atoms with Crippen LogP contribution in [-0.4, -0.2) is 15.6 Å². The molecule has 34 heavy (non-hydrogen) atoms. The zero-order valence-corrected chi connectivity index (χ0v) is 19.5. The standard InChI is InChI=1S/C30H29FN2O/c1-20-14-30(15-20)16-22(17-30)13-28(34)25-11-12-27(31)26-18-32-33(29(25)26)19-21-7-9-24(10-8-21)23-5-3-2-4-6-23/h2-12,18,20,22H,13-17,19H2,1H3. The summed E-state index contributed by atoms with van der Waals surface area (Å²) in [6.07, 6.45) is 7.06. The number of ketones is 1. The van der Waals surface area contributed by atoms with E-state index in [9.17, 15) is 9.18 Å². The van der Waals surface area contributed by atoms with Crippen LogP contribution in [0.2, 0.25) is 0 Å². The number of carbonyl (C=O) groups is 1. The van der Waals surface area contributed by atoms with E-state index in [0.29, 0.717) is 40.8 Å². The van der Waals surface area contributed by atoms with Crippen LogP contribution in [0, 0.1) is 23.1 Å². The van der Waals surface area contributed by atoms with E-state index < -0.39 is 0 Å². The summed E-state index contributed by atoms with van der Waals surface area (Å²) in [6.45, 7) is 2.81. The molecule has 0 aliphatic heterocycles. The van der Waals surface area contributed by atoms with E-state index >= 15 is 0 Å². The molecule has 3 aromatic carbocycles. The molecule has 4 heteroatoms. The van der Waals surface area contributed by atoms with E-state index in [-0.39, 0.29) is 11.6 Å². The summed E-state index contributed by atoms with van der Waals surface area (Å²) in [6, 6.07) is 21.6. The number of fused-ring (bicyclic) bond motifs is 1. The second-order valence-electron chi connectivity index (χ2n) is 10.6. The summed E-state index contributed by atoms with van der Waals surface area (Å²) < 4.78 is 16.4. The van der Waals surface area contributed by atoms with Crippen LogP contribution in [0.1, 0.15) is 54.9 Å². The first-order valence-electron chi connectivity index (χ1n) is 12.3. The van der Waals surface area contributed by atoms with E-state index in [1.165, 1.54) is 37.3 Å². The van der Waals surface area contributed by atoms with Gasteiger partial charge in [-0.2, -0.15) is 5.10 Å². The zero-order valence-electron chi connectivity index (χ0n) is 19.5. The highest BCUT2D eigenvalue weighted by molar-refractivity contribution is 6.07. The maximum atomic E-state index is 14.6. The molecular weight excluding hydrogens is 423 g/mol. The van der Waals surface area contributed by atoms with Crippen molar-refractivity contribution >= 4 is 16.7 Å². The van der Waals surface area contributed by atoms with Crippen LogP contribution in [0.15, 0.2) is 72.9 Å². The van der Waals surface area contributed by atoms with E-state index in [0.717, 1.165) is 17.0 Å². The average molecular weight is 453 g/mol. The predicted octanol–water partition coefficient (Wildman–Crippen LogP) is 7.29. The van der Waals surface area contributed by atoms with Crippen molar-refractivity contribution in [1.29, 1.82) is 0 Å². The van der Waals surface area contributed by atoms with Crippen molar-refractivity contribution in [3.63, 3.8) is 0 Å². The monoisotopic (exact) mass is 452 g/mol. The molecule has 3 nitrogen and oxygen atoms in total. The highest BCUT2D eigenvalue weighted by Gasteiger charge is 2.51. The Balaban J connectivity index is 1.23. The molecule has 0 atom stereocenters. The largest absolute Gasteiger partial charge is 0.294 e. The number of hydrogen-bond donors (Lipinski definition) is 0. The fraction of sp³-hybridized carbons (Fsp3) is 0.333. The van der Waals surface area contributed by atoms with Gasteiger partial charge in [0.15, 0.2) is 5.78 Å². The Kier molecular flexibility index (Phi) is 5.13. The average Bonchev–Trinajstić information content (AvgIpc) is 3.22. The first kappa shape index (κ1) is 21.3. The van der Waals surface area contributed by atoms with Crippen LogP contribution in [0.4, 0.5) is 4.39 Å². The van der Waals surface area contributed by atoms with Crippen molar-refractivity contribution < 1.29 is 9.18 Å². The van der Waals surface area contributed by atoms with Crippen molar-refractivity contribution in [2.75, 3.05) is 0 Å². The Morgan fingerprint density at radius 2 is 1.68 bits per heavy atom. The van der Waals surface area contributed by atoms with Crippen LogP contribution in [-0.2, 0) is 6.54 Å². The highest BCUT2D eigenvalue weighted by Crippen LogP contribution is 2.61. The fourth-order valence-corrected chi connectivity index (χ4v) is 6.55. The number of Topliss-reactive ketones (excluding diaryl/α,β-unsaturated/α-hetero) is 1. The normalized spacial score (nSPS) is 23.6. The van der Waals surface area contributed by atoms with Crippen molar-refractivity contribution in [2.45, 2.75) is 45.6 Å². The second-order valence-corrected chi connectivity index (χ2v) is 10.6. The van der Waals surface area contributed by atoms with Gasteiger partial charge in [-0.25, -0.2) is 4.39 Å². The smallest absolute Gasteiger partial charge is 0.165 e. The van der Waals surface area contributed by atoms with Crippen molar-refractivity contribution in [3.05, 3.63) is 89.9 Å². The van der Waals surface area contributed by atoms with Gasteiger partial charge in [-0.15, -0.1) is 0 Å². The first-order valence-corrected chi connectivity index (χ1v) is 12.3.